The van der Waals surface area contributed by atoms with E-state index < -0.39 is 5.97 Å². The molecule has 0 aromatic heterocycles. The van der Waals surface area contributed by atoms with E-state index >= 15 is 0 Å². The van der Waals surface area contributed by atoms with E-state index in [4.69, 9.17) is 9.78 Å². The third-order valence-electron chi connectivity index (χ3n) is 4.62. The quantitative estimate of drug-likeness (QED) is 0.588. The molecular weight excluding hydrogens is 276 g/mol. The highest BCUT2D eigenvalue weighted by molar-refractivity contribution is 5.88. The number of hydrogen-bond acceptors (Lipinski definition) is 3. The number of benzene rings is 1. The predicted octanol–water partition coefficient (Wildman–Crippen LogP) is 4.90. The van der Waals surface area contributed by atoms with E-state index in [1.165, 1.54) is 12.0 Å². The number of carbonyl (C=O) groups is 1. The van der Waals surface area contributed by atoms with Crippen LogP contribution < -0.4 is 0 Å². The summed E-state index contributed by atoms with van der Waals surface area (Å²) in [5.41, 5.74) is 1.80. The molecule has 1 saturated carbocycles. The Morgan fingerprint density at radius 1 is 1.09 bits per heavy atom. The molecular formula is C19H28O3. The molecule has 3 heteroatoms. The first kappa shape index (κ1) is 17.0. The molecule has 1 aliphatic rings. The lowest BCUT2D eigenvalue weighted by atomic mass is 9.82. The van der Waals surface area contributed by atoms with Crippen LogP contribution in [0.3, 0.4) is 0 Å². The van der Waals surface area contributed by atoms with Crippen LogP contribution in [-0.2, 0) is 15.2 Å². The summed E-state index contributed by atoms with van der Waals surface area (Å²) in [7, 11) is 0. The van der Waals surface area contributed by atoms with Gasteiger partial charge in [0.1, 0.15) is 6.10 Å². The lowest BCUT2D eigenvalue weighted by molar-refractivity contribution is -0.291. The molecule has 0 aliphatic heterocycles. The van der Waals surface area contributed by atoms with Crippen molar-refractivity contribution in [1.82, 2.24) is 0 Å². The minimum Gasteiger partial charge on any atom is -0.293 e. The molecule has 0 N–H and O–H groups in total. The van der Waals surface area contributed by atoms with Gasteiger partial charge in [-0.15, -0.1) is 0 Å². The van der Waals surface area contributed by atoms with Crippen molar-refractivity contribution in [2.75, 3.05) is 0 Å². The number of hydrogen-bond donors (Lipinski definition) is 0. The second-order valence-corrected chi connectivity index (χ2v) is 7.73. The molecule has 0 heterocycles. The van der Waals surface area contributed by atoms with E-state index in [1.807, 2.05) is 12.1 Å². The highest BCUT2D eigenvalue weighted by Gasteiger charge is 2.28. The fourth-order valence-corrected chi connectivity index (χ4v) is 2.87. The van der Waals surface area contributed by atoms with Gasteiger partial charge in [0, 0.05) is 0 Å². The Labute approximate surface area is 133 Å². The molecule has 0 spiro atoms. The van der Waals surface area contributed by atoms with E-state index in [1.54, 1.807) is 12.1 Å². The summed E-state index contributed by atoms with van der Waals surface area (Å²) < 4.78 is 0. The third kappa shape index (κ3) is 4.33. The highest BCUT2D eigenvalue weighted by atomic mass is 17.2. The van der Waals surface area contributed by atoms with Crippen molar-refractivity contribution in [2.45, 2.75) is 65.4 Å². The minimum atomic E-state index is -0.411. The van der Waals surface area contributed by atoms with Gasteiger partial charge < -0.3 is 0 Å². The Balaban J connectivity index is 1.92. The van der Waals surface area contributed by atoms with Gasteiger partial charge in [0.2, 0.25) is 0 Å². The van der Waals surface area contributed by atoms with Crippen LogP contribution >= 0.6 is 0 Å². The third-order valence-corrected chi connectivity index (χ3v) is 4.62. The van der Waals surface area contributed by atoms with Gasteiger partial charge in [0.25, 0.3) is 0 Å². The first-order valence-corrected chi connectivity index (χ1v) is 8.25. The van der Waals surface area contributed by atoms with Crippen molar-refractivity contribution in [2.24, 2.45) is 11.8 Å². The SMILES string of the molecule is CC1CCC(C)C(OOC(=O)c2ccc(C(C)(C)C)cc2)C1. The molecule has 122 valence electrons. The molecule has 1 aliphatic carbocycles. The first-order valence-electron chi connectivity index (χ1n) is 8.25. The van der Waals surface area contributed by atoms with E-state index in [2.05, 4.69) is 34.6 Å². The van der Waals surface area contributed by atoms with E-state index in [9.17, 15) is 4.79 Å². The lowest BCUT2D eigenvalue weighted by Crippen LogP contribution is -2.30. The second kappa shape index (κ2) is 6.82. The Morgan fingerprint density at radius 2 is 1.73 bits per heavy atom. The van der Waals surface area contributed by atoms with Crippen molar-refractivity contribution in [3.05, 3.63) is 35.4 Å². The van der Waals surface area contributed by atoms with Crippen molar-refractivity contribution in [1.29, 1.82) is 0 Å². The summed E-state index contributed by atoms with van der Waals surface area (Å²) in [6.07, 6.45) is 3.33. The normalized spacial score (nSPS) is 25.8. The maximum Gasteiger partial charge on any atom is 0.373 e. The molecule has 2 rings (SSSR count). The van der Waals surface area contributed by atoms with Crippen LogP contribution in [0.2, 0.25) is 0 Å². The zero-order valence-electron chi connectivity index (χ0n) is 14.4. The van der Waals surface area contributed by atoms with Crippen LogP contribution in [0, 0.1) is 11.8 Å². The summed E-state index contributed by atoms with van der Waals surface area (Å²) in [6.45, 7) is 10.8. The molecule has 22 heavy (non-hydrogen) atoms. The summed E-state index contributed by atoms with van der Waals surface area (Å²) in [6, 6.07) is 7.56. The Hall–Kier alpha value is -1.35. The van der Waals surface area contributed by atoms with Gasteiger partial charge in [0.05, 0.1) is 5.56 Å². The van der Waals surface area contributed by atoms with Crippen molar-refractivity contribution >= 4 is 5.97 Å². The molecule has 0 amide bonds. The first-order chi connectivity index (χ1) is 10.3. The van der Waals surface area contributed by atoms with Crippen molar-refractivity contribution < 1.29 is 14.6 Å². The van der Waals surface area contributed by atoms with E-state index in [0.717, 1.165) is 12.8 Å². The van der Waals surface area contributed by atoms with Crippen LogP contribution in [0.4, 0.5) is 0 Å². The molecule has 3 atom stereocenters. The van der Waals surface area contributed by atoms with Gasteiger partial charge in [-0.25, -0.2) is 4.79 Å². The number of rotatable bonds is 3. The molecule has 3 nitrogen and oxygen atoms in total. The fraction of sp³-hybridized carbons (Fsp3) is 0.632. The summed E-state index contributed by atoms with van der Waals surface area (Å²) in [5, 5.41) is 0. The molecule has 0 radical (unpaired) electrons. The molecule has 0 saturated heterocycles. The van der Waals surface area contributed by atoms with Crippen LogP contribution in [0.1, 0.15) is 69.8 Å². The summed E-state index contributed by atoms with van der Waals surface area (Å²) >= 11 is 0. The maximum atomic E-state index is 12.1. The molecule has 0 bridgehead atoms. The van der Waals surface area contributed by atoms with Gasteiger partial charge in [0.15, 0.2) is 0 Å². The van der Waals surface area contributed by atoms with Crippen LogP contribution in [0.15, 0.2) is 24.3 Å². The molecule has 1 fully saturated rings. The smallest absolute Gasteiger partial charge is 0.293 e. The topological polar surface area (TPSA) is 35.5 Å². The van der Waals surface area contributed by atoms with Gasteiger partial charge in [-0.05, 0) is 47.8 Å². The Kier molecular flexibility index (Phi) is 5.28. The monoisotopic (exact) mass is 304 g/mol. The second-order valence-electron chi connectivity index (χ2n) is 7.73. The Morgan fingerprint density at radius 3 is 2.32 bits per heavy atom. The van der Waals surface area contributed by atoms with Gasteiger partial charge in [-0.2, -0.15) is 4.89 Å². The van der Waals surface area contributed by atoms with Crippen LogP contribution in [0.25, 0.3) is 0 Å². The molecule has 3 unspecified atom stereocenters. The van der Waals surface area contributed by atoms with Gasteiger partial charge in [-0.1, -0.05) is 53.2 Å². The van der Waals surface area contributed by atoms with Crippen LogP contribution in [-0.4, -0.2) is 12.1 Å². The van der Waals surface area contributed by atoms with Crippen LogP contribution in [0.5, 0.6) is 0 Å². The average Bonchev–Trinajstić information content (AvgIpc) is 2.47. The lowest BCUT2D eigenvalue weighted by Gasteiger charge is -2.30. The highest BCUT2D eigenvalue weighted by Crippen LogP contribution is 2.30. The zero-order chi connectivity index (χ0) is 16.3. The van der Waals surface area contributed by atoms with Crippen molar-refractivity contribution in [3.8, 4) is 0 Å². The maximum absolute atomic E-state index is 12.1. The van der Waals surface area contributed by atoms with Crippen molar-refractivity contribution in [3.63, 3.8) is 0 Å². The number of carbonyl (C=O) groups excluding carboxylic acids is 1. The largest absolute Gasteiger partial charge is 0.373 e. The minimum absolute atomic E-state index is 0.0153. The Bertz CT molecular complexity index is 498. The van der Waals surface area contributed by atoms with Gasteiger partial charge >= 0.3 is 5.97 Å². The molecule has 1 aromatic rings. The predicted molar refractivity (Wildman–Crippen MR) is 87.6 cm³/mol. The van der Waals surface area contributed by atoms with E-state index in [0.29, 0.717) is 17.4 Å². The summed E-state index contributed by atoms with van der Waals surface area (Å²) in [4.78, 5) is 22.6. The van der Waals surface area contributed by atoms with E-state index in [-0.39, 0.29) is 11.5 Å². The zero-order valence-corrected chi connectivity index (χ0v) is 14.4. The standard InChI is InChI=1S/C19H28O3/c1-13-6-7-14(2)17(12-13)21-22-18(20)15-8-10-16(11-9-15)19(3,4)5/h8-11,13-14,17H,6-7,12H2,1-5H3. The summed E-state index contributed by atoms with van der Waals surface area (Å²) in [5.74, 6) is 0.657. The van der Waals surface area contributed by atoms with Gasteiger partial charge in [-0.3, -0.25) is 4.89 Å². The fourth-order valence-electron chi connectivity index (χ4n) is 2.87. The average molecular weight is 304 g/mol. The molecule has 1 aromatic carbocycles.